The molecule has 186 valence electrons. The molecule has 0 bridgehead atoms. The van der Waals surface area contributed by atoms with E-state index in [4.69, 9.17) is 25.8 Å². The van der Waals surface area contributed by atoms with Crippen molar-refractivity contribution in [1.29, 1.82) is 0 Å². The van der Waals surface area contributed by atoms with Crippen LogP contribution in [-0.4, -0.2) is 72.9 Å². The van der Waals surface area contributed by atoms with Crippen molar-refractivity contribution >= 4 is 22.8 Å². The topological polar surface area (TPSA) is 131 Å². The maximum absolute atomic E-state index is 9.94. The second-order valence-electron chi connectivity index (χ2n) is 9.04. The number of aromatic amines is 2. The molecule has 2 saturated heterocycles. The van der Waals surface area contributed by atoms with Crippen LogP contribution in [0.4, 0.5) is 0 Å². The van der Waals surface area contributed by atoms with Gasteiger partial charge in [-0.2, -0.15) is 10.1 Å². The van der Waals surface area contributed by atoms with Crippen molar-refractivity contribution in [3.8, 4) is 39.8 Å². The fourth-order valence-corrected chi connectivity index (χ4v) is 5.09. The Morgan fingerprint density at radius 1 is 0.892 bits per heavy atom. The van der Waals surface area contributed by atoms with Gasteiger partial charge in [-0.05, 0) is 17.2 Å². The molecular weight excluding hydrogens is 496 g/mol. The molecule has 0 saturated carbocycles. The zero-order valence-electron chi connectivity index (χ0n) is 19.3. The van der Waals surface area contributed by atoms with Crippen molar-refractivity contribution in [3.05, 3.63) is 65.9 Å². The summed E-state index contributed by atoms with van der Waals surface area (Å²) in [5.41, 5.74) is 5.77. The number of fused-ring (bicyclic) bond motifs is 2. The van der Waals surface area contributed by atoms with Crippen LogP contribution in [0, 0.1) is 0 Å². The number of nitrogens with one attached hydrogen (secondary N) is 2. The van der Waals surface area contributed by atoms with E-state index >= 15 is 0 Å². The van der Waals surface area contributed by atoms with Gasteiger partial charge in [0.05, 0.1) is 29.4 Å². The third kappa shape index (κ3) is 4.04. The van der Waals surface area contributed by atoms with Crippen LogP contribution >= 0.6 is 11.6 Å². The van der Waals surface area contributed by atoms with Crippen molar-refractivity contribution in [2.24, 2.45) is 0 Å². The Labute approximate surface area is 215 Å². The predicted molar refractivity (Wildman–Crippen MR) is 135 cm³/mol. The number of imidazole rings is 1. The van der Waals surface area contributed by atoms with Gasteiger partial charge in [0, 0.05) is 11.1 Å². The Morgan fingerprint density at radius 2 is 1.59 bits per heavy atom. The van der Waals surface area contributed by atoms with Gasteiger partial charge in [-0.25, -0.2) is 9.97 Å². The summed E-state index contributed by atoms with van der Waals surface area (Å²) >= 11 is 6.60. The lowest BCUT2D eigenvalue weighted by Gasteiger charge is -2.15. The minimum Gasteiger partial charge on any atom is -0.456 e. The summed E-state index contributed by atoms with van der Waals surface area (Å²) in [7, 11) is 0. The highest BCUT2D eigenvalue weighted by Gasteiger charge is 2.48. The van der Waals surface area contributed by atoms with E-state index in [2.05, 4.69) is 30.1 Å². The molecule has 0 spiro atoms. The molecule has 0 amide bonds. The van der Waals surface area contributed by atoms with Crippen LogP contribution < -0.4 is 4.74 Å². The molecule has 4 atom stereocenters. The zero-order valence-corrected chi connectivity index (χ0v) is 20.1. The van der Waals surface area contributed by atoms with E-state index in [0.717, 1.165) is 28.1 Å². The molecule has 2 aliphatic rings. The van der Waals surface area contributed by atoms with Crippen molar-refractivity contribution < 1.29 is 19.3 Å². The van der Waals surface area contributed by atoms with Crippen LogP contribution in [0.3, 0.4) is 0 Å². The average Bonchev–Trinajstić information content (AvgIpc) is 3.71. The normalized spacial score (nSPS) is 23.0. The maximum Gasteiger partial charge on any atom is 0.296 e. The third-order valence-electron chi connectivity index (χ3n) is 6.71. The van der Waals surface area contributed by atoms with Crippen LogP contribution in [0.25, 0.3) is 44.9 Å². The molecular formula is C26H21ClN6O4. The van der Waals surface area contributed by atoms with Crippen LogP contribution in [0.1, 0.15) is 0 Å². The fraction of sp³-hybridized carbons (Fsp3) is 0.231. The number of halogens is 1. The molecule has 7 rings (SSSR count). The Hall–Kier alpha value is -3.83. The standard InChI is InChI=1S/C26H21ClN6O4/c27-17-9-18-25(32-26(30-18)37-20-11-36-22-19(34)10-35-23(20)22)31-21(17)15-5-1-13(2-6-15)14-3-7-16(8-4-14)24-28-12-29-33-24/h1-9,12,19-20,22-23,34H,10-11H2,(H,28,29,33)(H,30,31,32)/t19-,20-,22-,23?/m1/s1. The van der Waals surface area contributed by atoms with Gasteiger partial charge in [0.25, 0.3) is 6.01 Å². The minimum absolute atomic E-state index is 0.239. The summed E-state index contributed by atoms with van der Waals surface area (Å²) in [6.07, 6.45) is -0.210. The molecule has 3 aromatic heterocycles. The molecule has 5 aromatic rings. The highest BCUT2D eigenvalue weighted by atomic mass is 35.5. The first-order valence-electron chi connectivity index (χ1n) is 11.8. The molecule has 0 aliphatic carbocycles. The Morgan fingerprint density at radius 3 is 2.32 bits per heavy atom. The Balaban J connectivity index is 1.11. The summed E-state index contributed by atoms with van der Waals surface area (Å²) in [5.74, 6) is 0.733. The van der Waals surface area contributed by atoms with Gasteiger partial charge in [0.2, 0.25) is 0 Å². The summed E-state index contributed by atoms with van der Waals surface area (Å²) in [6.45, 7) is 0.556. The van der Waals surface area contributed by atoms with Crippen molar-refractivity contribution in [2.45, 2.75) is 24.4 Å². The monoisotopic (exact) mass is 516 g/mol. The number of H-pyrrole nitrogens is 2. The largest absolute Gasteiger partial charge is 0.456 e. The van der Waals surface area contributed by atoms with Gasteiger partial charge in [0.1, 0.15) is 24.6 Å². The quantitative estimate of drug-likeness (QED) is 0.323. The summed E-state index contributed by atoms with van der Waals surface area (Å²) in [6, 6.07) is 18.2. The van der Waals surface area contributed by atoms with Crippen LogP contribution in [0.2, 0.25) is 5.02 Å². The molecule has 0 radical (unpaired) electrons. The molecule has 2 aromatic carbocycles. The number of aliphatic hydroxyl groups excluding tert-OH is 1. The predicted octanol–water partition coefficient (Wildman–Crippen LogP) is 3.64. The smallest absolute Gasteiger partial charge is 0.296 e. The number of rotatable bonds is 5. The number of benzene rings is 2. The average molecular weight is 517 g/mol. The lowest BCUT2D eigenvalue weighted by Crippen LogP contribution is -2.34. The SMILES string of the molecule is O[C@@H]1COC2[C@H](Oc3nc4nc(-c5ccc(-c6ccc(-c7ncn[nH]7)cc6)cc5)c(Cl)cc4[nH]3)CO[C@@H]21. The number of aliphatic hydroxyl groups is 1. The number of nitrogens with zero attached hydrogens (tertiary/aromatic N) is 4. The molecule has 37 heavy (non-hydrogen) atoms. The first-order valence-corrected chi connectivity index (χ1v) is 12.2. The first-order chi connectivity index (χ1) is 18.1. The molecule has 2 fully saturated rings. The van der Waals surface area contributed by atoms with Crippen molar-refractivity contribution in [1.82, 2.24) is 30.1 Å². The maximum atomic E-state index is 9.94. The number of ether oxygens (including phenoxy) is 3. The van der Waals surface area contributed by atoms with E-state index in [1.54, 1.807) is 6.07 Å². The fourth-order valence-electron chi connectivity index (χ4n) is 4.83. The number of pyridine rings is 1. The van der Waals surface area contributed by atoms with E-state index in [1.165, 1.54) is 6.33 Å². The molecule has 11 heteroatoms. The van der Waals surface area contributed by atoms with Crippen LogP contribution in [0.5, 0.6) is 6.01 Å². The zero-order chi connectivity index (χ0) is 24.9. The Bertz CT molecular complexity index is 1560. The Kier molecular flexibility index (Phi) is 5.40. The van der Waals surface area contributed by atoms with Gasteiger partial charge in [0.15, 0.2) is 17.6 Å². The van der Waals surface area contributed by atoms with Gasteiger partial charge >= 0.3 is 0 Å². The lowest BCUT2D eigenvalue weighted by molar-refractivity contribution is 0.00706. The van der Waals surface area contributed by atoms with Gasteiger partial charge < -0.3 is 24.3 Å². The molecule has 3 N–H and O–H groups in total. The summed E-state index contributed by atoms with van der Waals surface area (Å²) in [4.78, 5) is 16.5. The molecule has 5 heterocycles. The minimum atomic E-state index is -0.637. The van der Waals surface area contributed by atoms with E-state index in [-0.39, 0.29) is 24.9 Å². The molecule has 2 aliphatic heterocycles. The van der Waals surface area contributed by atoms with E-state index in [0.29, 0.717) is 34.5 Å². The highest BCUT2D eigenvalue weighted by Crippen LogP contribution is 2.33. The summed E-state index contributed by atoms with van der Waals surface area (Å²) in [5, 5.41) is 17.2. The summed E-state index contributed by atoms with van der Waals surface area (Å²) < 4.78 is 17.2. The van der Waals surface area contributed by atoms with Crippen LogP contribution in [0.15, 0.2) is 60.9 Å². The van der Waals surface area contributed by atoms with E-state index < -0.39 is 6.10 Å². The van der Waals surface area contributed by atoms with Gasteiger partial charge in [-0.15, -0.1) is 0 Å². The highest BCUT2D eigenvalue weighted by molar-refractivity contribution is 6.33. The second kappa shape index (κ2) is 8.93. The third-order valence-corrected chi connectivity index (χ3v) is 7.00. The number of hydrogen-bond acceptors (Lipinski definition) is 8. The van der Waals surface area contributed by atoms with E-state index in [9.17, 15) is 5.11 Å². The van der Waals surface area contributed by atoms with Crippen molar-refractivity contribution in [2.75, 3.05) is 13.2 Å². The molecule has 1 unspecified atom stereocenters. The number of aromatic nitrogens is 6. The lowest BCUT2D eigenvalue weighted by atomic mass is 10.0. The number of hydrogen-bond donors (Lipinski definition) is 3. The second-order valence-corrected chi connectivity index (χ2v) is 9.45. The van der Waals surface area contributed by atoms with Crippen molar-refractivity contribution in [3.63, 3.8) is 0 Å². The van der Waals surface area contributed by atoms with Gasteiger partial charge in [-0.3, -0.25) is 5.10 Å². The van der Waals surface area contributed by atoms with E-state index in [1.807, 2.05) is 48.5 Å². The van der Waals surface area contributed by atoms with Crippen LogP contribution in [-0.2, 0) is 9.47 Å². The van der Waals surface area contributed by atoms with Gasteiger partial charge in [-0.1, -0.05) is 60.1 Å². The molecule has 10 nitrogen and oxygen atoms in total. The first kappa shape index (κ1) is 22.4.